The molecule has 0 spiro atoms. The van der Waals surface area contributed by atoms with Crippen molar-refractivity contribution in [1.82, 2.24) is 4.98 Å². The van der Waals surface area contributed by atoms with Gasteiger partial charge in [0.05, 0.1) is 21.3 Å². The number of aromatic nitrogens is 1. The van der Waals surface area contributed by atoms with Crippen LogP contribution >= 0.6 is 11.3 Å². The summed E-state index contributed by atoms with van der Waals surface area (Å²) in [4.78, 5) is 16.4. The van der Waals surface area contributed by atoms with Gasteiger partial charge >= 0.3 is 0 Å². The minimum atomic E-state index is -0.469. The van der Waals surface area contributed by atoms with Gasteiger partial charge in [-0.25, -0.2) is 4.98 Å². The van der Waals surface area contributed by atoms with Crippen molar-refractivity contribution in [2.45, 2.75) is 33.2 Å². The monoisotopic (exact) mass is 277 g/mol. The van der Waals surface area contributed by atoms with Gasteiger partial charge in [-0.1, -0.05) is 20.3 Å². The number of nitrogens with one attached hydrogen (secondary N) is 1. The molecule has 0 bridgehead atoms. The Morgan fingerprint density at radius 1 is 1.53 bits per heavy atom. The number of hydrogen-bond donors (Lipinski definition) is 2. The van der Waals surface area contributed by atoms with Gasteiger partial charge in [-0.15, -0.1) is 11.3 Å². The van der Waals surface area contributed by atoms with Crippen LogP contribution in [-0.2, 0) is 4.79 Å². The topological polar surface area (TPSA) is 68.0 Å². The van der Waals surface area contributed by atoms with Crippen LogP contribution < -0.4 is 11.1 Å². The summed E-state index contributed by atoms with van der Waals surface area (Å²) < 4.78 is 1.08. The van der Waals surface area contributed by atoms with Crippen LogP contribution in [0.2, 0.25) is 0 Å². The first-order valence-electron chi connectivity index (χ1n) is 6.45. The molecule has 2 aromatic rings. The summed E-state index contributed by atoms with van der Waals surface area (Å²) >= 11 is 1.62. The fourth-order valence-electron chi connectivity index (χ4n) is 1.86. The van der Waals surface area contributed by atoms with Crippen molar-refractivity contribution in [3.8, 4) is 0 Å². The maximum atomic E-state index is 12.0. The number of fused-ring (bicyclic) bond motifs is 1. The summed E-state index contributed by atoms with van der Waals surface area (Å²) in [5.41, 5.74) is 7.66. The van der Waals surface area contributed by atoms with Crippen molar-refractivity contribution >= 4 is 33.1 Å². The number of rotatable bonds is 4. The molecule has 0 aliphatic heterocycles. The average Bonchev–Trinajstić information content (AvgIpc) is 2.76. The van der Waals surface area contributed by atoms with E-state index in [4.69, 9.17) is 5.73 Å². The average molecular weight is 277 g/mol. The van der Waals surface area contributed by atoms with E-state index in [9.17, 15) is 4.79 Å². The molecule has 0 radical (unpaired) electrons. The van der Waals surface area contributed by atoms with Crippen molar-refractivity contribution in [2.24, 2.45) is 11.7 Å². The molecule has 0 aliphatic rings. The van der Waals surface area contributed by atoms with Crippen molar-refractivity contribution in [1.29, 1.82) is 0 Å². The number of carbonyl (C=O) groups is 1. The number of carbonyl (C=O) groups excluding carboxylic acids is 1. The van der Waals surface area contributed by atoms with Crippen LogP contribution in [0.25, 0.3) is 10.2 Å². The molecule has 1 aromatic carbocycles. The van der Waals surface area contributed by atoms with Gasteiger partial charge in [-0.2, -0.15) is 0 Å². The summed E-state index contributed by atoms with van der Waals surface area (Å²) in [6, 6.07) is 5.26. The Balaban J connectivity index is 2.14. The molecule has 1 aromatic heterocycles. The zero-order chi connectivity index (χ0) is 14.0. The normalized spacial score (nSPS) is 14.3. The number of nitrogens with two attached hydrogens (primary N) is 1. The maximum absolute atomic E-state index is 12.0. The van der Waals surface area contributed by atoms with Crippen LogP contribution in [0.4, 0.5) is 5.69 Å². The molecule has 102 valence electrons. The minimum Gasteiger partial charge on any atom is -0.325 e. The smallest absolute Gasteiger partial charge is 0.241 e. The van der Waals surface area contributed by atoms with E-state index in [1.165, 1.54) is 0 Å². The van der Waals surface area contributed by atoms with Crippen molar-refractivity contribution < 1.29 is 4.79 Å². The van der Waals surface area contributed by atoms with Gasteiger partial charge in [0.2, 0.25) is 5.91 Å². The first-order valence-corrected chi connectivity index (χ1v) is 7.26. The lowest BCUT2D eigenvalue weighted by atomic mass is 9.99. The lowest BCUT2D eigenvalue weighted by Crippen LogP contribution is -2.40. The fraction of sp³-hybridized carbons (Fsp3) is 0.429. The largest absolute Gasteiger partial charge is 0.325 e. The molecule has 0 fully saturated rings. The van der Waals surface area contributed by atoms with E-state index in [1.807, 2.05) is 39.0 Å². The highest BCUT2D eigenvalue weighted by molar-refractivity contribution is 7.18. The Morgan fingerprint density at radius 2 is 2.26 bits per heavy atom. The number of nitrogens with zero attached hydrogens (tertiary/aromatic N) is 1. The summed E-state index contributed by atoms with van der Waals surface area (Å²) in [6.07, 6.45) is 0.891. The highest BCUT2D eigenvalue weighted by Crippen LogP contribution is 2.24. The van der Waals surface area contributed by atoms with Gasteiger partial charge in [-0.05, 0) is 31.0 Å². The van der Waals surface area contributed by atoms with Crippen LogP contribution in [0.3, 0.4) is 0 Å². The molecule has 0 aliphatic carbocycles. The predicted molar refractivity (Wildman–Crippen MR) is 80.4 cm³/mol. The zero-order valence-corrected chi connectivity index (χ0v) is 12.3. The Bertz CT molecular complexity index is 593. The Kier molecular flexibility index (Phi) is 4.17. The van der Waals surface area contributed by atoms with Crippen LogP contribution in [0.1, 0.15) is 25.3 Å². The predicted octanol–water partition coefficient (Wildman–Crippen LogP) is 2.92. The molecule has 3 N–H and O–H groups in total. The molecule has 4 nitrogen and oxygen atoms in total. The third-order valence-corrected chi connectivity index (χ3v) is 4.26. The van der Waals surface area contributed by atoms with Crippen molar-refractivity contribution in [2.75, 3.05) is 5.32 Å². The molecule has 2 atom stereocenters. The fourth-order valence-corrected chi connectivity index (χ4v) is 2.72. The molecule has 5 heteroatoms. The molecular formula is C14H19N3OS. The second-order valence-corrected chi connectivity index (χ2v) is 6.05. The lowest BCUT2D eigenvalue weighted by Gasteiger charge is -2.17. The molecule has 0 saturated carbocycles. The van der Waals surface area contributed by atoms with E-state index < -0.39 is 6.04 Å². The van der Waals surface area contributed by atoms with Crippen LogP contribution in [0.15, 0.2) is 18.2 Å². The molecular weight excluding hydrogens is 258 g/mol. The van der Waals surface area contributed by atoms with Crippen LogP contribution in [-0.4, -0.2) is 16.9 Å². The number of anilines is 1. The highest BCUT2D eigenvalue weighted by atomic mass is 32.1. The number of amides is 1. The molecule has 0 saturated heterocycles. The SMILES string of the molecule is CC[C@H](C)[C@H](N)C(=O)Nc1ccc2nc(C)sc2c1. The molecule has 2 rings (SSSR count). The van der Waals surface area contributed by atoms with Crippen molar-refractivity contribution in [3.63, 3.8) is 0 Å². The summed E-state index contributed by atoms with van der Waals surface area (Å²) in [5.74, 6) is 0.0457. The van der Waals surface area contributed by atoms with Gasteiger partial charge in [0, 0.05) is 5.69 Å². The molecule has 1 heterocycles. The van der Waals surface area contributed by atoms with Gasteiger partial charge < -0.3 is 11.1 Å². The van der Waals surface area contributed by atoms with Gasteiger partial charge in [0.15, 0.2) is 0 Å². The minimum absolute atomic E-state index is 0.130. The molecule has 1 amide bonds. The van der Waals surface area contributed by atoms with E-state index in [0.717, 1.165) is 27.3 Å². The maximum Gasteiger partial charge on any atom is 0.241 e. The summed E-state index contributed by atoms with van der Waals surface area (Å²) in [5, 5.41) is 3.90. The highest BCUT2D eigenvalue weighted by Gasteiger charge is 2.19. The van der Waals surface area contributed by atoms with Gasteiger partial charge in [0.25, 0.3) is 0 Å². The van der Waals surface area contributed by atoms with E-state index in [-0.39, 0.29) is 11.8 Å². The second kappa shape index (κ2) is 5.67. The van der Waals surface area contributed by atoms with E-state index in [2.05, 4.69) is 10.3 Å². The number of thiazole rings is 1. The van der Waals surface area contributed by atoms with Gasteiger partial charge in [0.1, 0.15) is 0 Å². The quantitative estimate of drug-likeness (QED) is 0.903. The lowest BCUT2D eigenvalue weighted by molar-refractivity contribution is -0.118. The molecule has 0 unspecified atom stereocenters. The van der Waals surface area contributed by atoms with Gasteiger partial charge in [-0.3, -0.25) is 4.79 Å². The van der Waals surface area contributed by atoms with Crippen LogP contribution in [0.5, 0.6) is 0 Å². The first-order chi connectivity index (χ1) is 9.01. The first kappa shape index (κ1) is 14.0. The Morgan fingerprint density at radius 3 is 2.95 bits per heavy atom. The van der Waals surface area contributed by atoms with E-state index in [1.54, 1.807) is 11.3 Å². The summed E-state index contributed by atoms with van der Waals surface area (Å²) in [7, 11) is 0. The number of aryl methyl sites for hydroxylation is 1. The Labute approximate surface area is 117 Å². The third-order valence-electron chi connectivity index (χ3n) is 3.32. The van der Waals surface area contributed by atoms with E-state index >= 15 is 0 Å². The Hall–Kier alpha value is -1.46. The number of hydrogen-bond acceptors (Lipinski definition) is 4. The number of benzene rings is 1. The van der Waals surface area contributed by atoms with Crippen LogP contribution in [0, 0.1) is 12.8 Å². The second-order valence-electron chi connectivity index (χ2n) is 4.82. The molecule has 19 heavy (non-hydrogen) atoms. The van der Waals surface area contributed by atoms with Crippen molar-refractivity contribution in [3.05, 3.63) is 23.2 Å². The third kappa shape index (κ3) is 3.11. The zero-order valence-electron chi connectivity index (χ0n) is 11.4. The summed E-state index contributed by atoms with van der Waals surface area (Å²) in [6.45, 7) is 5.99. The van der Waals surface area contributed by atoms with E-state index in [0.29, 0.717) is 0 Å². The standard InChI is InChI=1S/C14H19N3OS/c1-4-8(2)13(15)14(18)17-10-5-6-11-12(7-10)19-9(3)16-11/h5-8,13H,4,15H2,1-3H3,(H,17,18)/t8-,13-/m0/s1.